The van der Waals surface area contributed by atoms with Crippen LogP contribution in [0.15, 0.2) is 84.9 Å². The Morgan fingerprint density at radius 3 is 2.37 bits per heavy atom. The molecule has 38 heavy (non-hydrogen) atoms. The van der Waals surface area contributed by atoms with Crippen molar-refractivity contribution in [2.75, 3.05) is 30.4 Å². The number of nitrogens with one attached hydrogen (secondary N) is 1. The summed E-state index contributed by atoms with van der Waals surface area (Å²) in [5.74, 6) is 0.0520. The number of hydrogen-bond acceptors (Lipinski definition) is 6. The minimum Gasteiger partial charge on any atom is -0.507 e. The Kier molecular flexibility index (Phi) is 6.91. The first kappa shape index (κ1) is 25.5. The van der Waals surface area contributed by atoms with Gasteiger partial charge < -0.3 is 24.8 Å². The minimum absolute atomic E-state index is 0.0189. The number of carbonyl (C=O) groups excluding carboxylic acids is 1. The lowest BCUT2D eigenvalue weighted by molar-refractivity contribution is 0.0239. The molecule has 0 amide bonds. The van der Waals surface area contributed by atoms with Crippen molar-refractivity contribution in [3.8, 4) is 11.5 Å². The summed E-state index contributed by atoms with van der Waals surface area (Å²) in [4.78, 5) is 15.4. The SMILES string of the molecule is CCN(CC)c1ccc(C2(c3cc(Nc4ccccc4Cl)ccc3OC)OC(=O)c3ccccc32)c(O)c1. The second-order valence-electron chi connectivity index (χ2n) is 9.01. The van der Waals surface area contributed by atoms with E-state index in [4.69, 9.17) is 21.1 Å². The van der Waals surface area contributed by atoms with E-state index in [0.717, 1.165) is 24.5 Å². The number of anilines is 3. The molecule has 0 spiro atoms. The van der Waals surface area contributed by atoms with Crippen LogP contribution in [0.2, 0.25) is 5.02 Å². The van der Waals surface area contributed by atoms with Crippen LogP contribution in [0, 0.1) is 0 Å². The number of aromatic hydroxyl groups is 1. The van der Waals surface area contributed by atoms with E-state index in [9.17, 15) is 9.90 Å². The Labute approximate surface area is 227 Å². The van der Waals surface area contributed by atoms with Crippen LogP contribution in [0.5, 0.6) is 11.5 Å². The number of carbonyl (C=O) groups is 1. The topological polar surface area (TPSA) is 71.0 Å². The molecule has 194 valence electrons. The van der Waals surface area contributed by atoms with Crippen molar-refractivity contribution in [3.05, 3.63) is 112 Å². The minimum atomic E-state index is -1.44. The van der Waals surface area contributed by atoms with Crippen molar-refractivity contribution in [2.45, 2.75) is 19.4 Å². The third kappa shape index (κ3) is 4.21. The number of methoxy groups -OCH3 is 1. The highest BCUT2D eigenvalue weighted by atomic mass is 35.5. The van der Waals surface area contributed by atoms with Crippen LogP contribution in [0.4, 0.5) is 17.1 Å². The fourth-order valence-corrected chi connectivity index (χ4v) is 5.33. The second-order valence-corrected chi connectivity index (χ2v) is 9.42. The van der Waals surface area contributed by atoms with E-state index in [1.165, 1.54) is 0 Å². The van der Waals surface area contributed by atoms with E-state index < -0.39 is 11.6 Å². The number of hydrogen-bond donors (Lipinski definition) is 2. The normalized spacial score (nSPS) is 16.1. The molecule has 1 aliphatic rings. The molecular formula is C31H29ClN2O4. The standard InChI is InChI=1S/C31H29ClN2O4/c1-4-34(5-2)21-15-16-24(28(35)19-21)31(23-11-7-6-10-22(23)30(36)38-31)25-18-20(14-17-29(25)37-3)33-27-13-9-8-12-26(27)32/h6-19,33,35H,4-5H2,1-3H3. The summed E-state index contributed by atoms with van der Waals surface area (Å²) < 4.78 is 12.0. The van der Waals surface area contributed by atoms with Crippen molar-refractivity contribution >= 4 is 34.6 Å². The number of cyclic esters (lactones) is 1. The zero-order chi connectivity index (χ0) is 26.9. The number of benzene rings is 4. The Morgan fingerprint density at radius 1 is 0.921 bits per heavy atom. The molecule has 1 unspecified atom stereocenters. The molecular weight excluding hydrogens is 500 g/mol. The molecule has 0 fully saturated rings. The van der Waals surface area contributed by atoms with Crippen molar-refractivity contribution in [3.63, 3.8) is 0 Å². The summed E-state index contributed by atoms with van der Waals surface area (Å²) in [5, 5.41) is 15.4. The summed E-state index contributed by atoms with van der Waals surface area (Å²) in [6, 6.07) is 25.7. The Balaban J connectivity index is 1.75. The lowest BCUT2D eigenvalue weighted by Gasteiger charge is -2.33. The van der Waals surface area contributed by atoms with Gasteiger partial charge in [-0.05, 0) is 62.4 Å². The lowest BCUT2D eigenvalue weighted by Crippen LogP contribution is -2.30. The number of phenolic OH excluding ortho intramolecular Hbond substituents is 1. The third-order valence-corrected chi connectivity index (χ3v) is 7.32. The van der Waals surface area contributed by atoms with Crippen LogP contribution in [-0.4, -0.2) is 31.3 Å². The van der Waals surface area contributed by atoms with Crippen LogP contribution in [-0.2, 0) is 10.3 Å². The molecule has 1 atom stereocenters. The lowest BCUT2D eigenvalue weighted by atomic mass is 9.78. The summed E-state index contributed by atoms with van der Waals surface area (Å²) in [6.45, 7) is 5.71. The summed E-state index contributed by atoms with van der Waals surface area (Å²) >= 11 is 6.40. The van der Waals surface area contributed by atoms with Gasteiger partial charge in [0, 0.05) is 47.2 Å². The van der Waals surface area contributed by atoms with Crippen LogP contribution < -0.4 is 15.0 Å². The molecule has 6 nitrogen and oxygen atoms in total. The van der Waals surface area contributed by atoms with E-state index in [1.807, 2.05) is 60.7 Å². The van der Waals surface area contributed by atoms with Crippen LogP contribution in [0.3, 0.4) is 0 Å². The summed E-state index contributed by atoms with van der Waals surface area (Å²) in [5.41, 5.74) is 2.97. The summed E-state index contributed by atoms with van der Waals surface area (Å²) in [7, 11) is 1.57. The maximum Gasteiger partial charge on any atom is 0.340 e. The van der Waals surface area contributed by atoms with E-state index >= 15 is 0 Å². The maximum absolute atomic E-state index is 13.2. The van der Waals surface area contributed by atoms with Gasteiger partial charge in [0.15, 0.2) is 5.60 Å². The van der Waals surface area contributed by atoms with Gasteiger partial charge in [0.2, 0.25) is 0 Å². The predicted octanol–water partition coefficient (Wildman–Crippen LogP) is 7.11. The molecule has 7 heteroatoms. The Morgan fingerprint density at radius 2 is 1.66 bits per heavy atom. The van der Waals surface area contributed by atoms with Gasteiger partial charge in [0.05, 0.1) is 23.4 Å². The molecule has 0 aromatic heterocycles. The van der Waals surface area contributed by atoms with Gasteiger partial charge in [0.1, 0.15) is 11.5 Å². The molecule has 0 aliphatic carbocycles. The molecule has 4 aromatic rings. The fourth-order valence-electron chi connectivity index (χ4n) is 5.14. The molecule has 0 bridgehead atoms. The van der Waals surface area contributed by atoms with Gasteiger partial charge in [-0.3, -0.25) is 0 Å². The molecule has 4 aromatic carbocycles. The number of para-hydroxylation sites is 1. The first-order chi connectivity index (χ1) is 18.4. The number of rotatable bonds is 8. The number of esters is 1. The molecule has 5 rings (SSSR count). The van der Waals surface area contributed by atoms with Gasteiger partial charge in [0.25, 0.3) is 0 Å². The van der Waals surface area contributed by atoms with E-state index in [1.54, 1.807) is 31.4 Å². The average Bonchev–Trinajstić information content (AvgIpc) is 3.23. The van der Waals surface area contributed by atoms with Crippen molar-refractivity contribution < 1.29 is 19.4 Å². The molecule has 1 aliphatic heterocycles. The van der Waals surface area contributed by atoms with Gasteiger partial charge in [-0.2, -0.15) is 0 Å². The maximum atomic E-state index is 13.2. The number of nitrogens with zero attached hydrogens (tertiary/aromatic N) is 1. The Bertz CT molecular complexity index is 1500. The fraction of sp³-hybridized carbons (Fsp3) is 0.194. The highest BCUT2D eigenvalue weighted by molar-refractivity contribution is 6.33. The number of halogens is 1. The van der Waals surface area contributed by atoms with Gasteiger partial charge in [-0.15, -0.1) is 0 Å². The van der Waals surface area contributed by atoms with Crippen LogP contribution in [0.1, 0.15) is 40.9 Å². The Hall–Kier alpha value is -4.16. The van der Waals surface area contributed by atoms with Crippen LogP contribution >= 0.6 is 11.6 Å². The largest absolute Gasteiger partial charge is 0.507 e. The molecule has 2 N–H and O–H groups in total. The van der Waals surface area contributed by atoms with Gasteiger partial charge in [-0.1, -0.05) is 41.9 Å². The smallest absolute Gasteiger partial charge is 0.340 e. The summed E-state index contributed by atoms with van der Waals surface area (Å²) in [6.07, 6.45) is 0. The van der Waals surface area contributed by atoms with Crippen molar-refractivity contribution in [1.82, 2.24) is 0 Å². The zero-order valence-electron chi connectivity index (χ0n) is 21.5. The second kappa shape index (κ2) is 10.3. The number of fused-ring (bicyclic) bond motifs is 1. The predicted molar refractivity (Wildman–Crippen MR) is 151 cm³/mol. The molecule has 1 heterocycles. The van der Waals surface area contributed by atoms with Gasteiger partial charge >= 0.3 is 5.97 Å². The van der Waals surface area contributed by atoms with Crippen molar-refractivity contribution in [2.24, 2.45) is 0 Å². The number of ether oxygens (including phenoxy) is 2. The zero-order valence-corrected chi connectivity index (χ0v) is 22.3. The first-order valence-electron chi connectivity index (χ1n) is 12.5. The first-order valence-corrected chi connectivity index (χ1v) is 12.9. The third-order valence-electron chi connectivity index (χ3n) is 6.99. The molecule has 0 saturated carbocycles. The van der Waals surface area contributed by atoms with E-state index in [0.29, 0.717) is 38.7 Å². The van der Waals surface area contributed by atoms with E-state index in [-0.39, 0.29) is 5.75 Å². The molecule has 0 radical (unpaired) electrons. The average molecular weight is 529 g/mol. The van der Waals surface area contributed by atoms with Gasteiger partial charge in [-0.25, -0.2) is 4.79 Å². The monoisotopic (exact) mass is 528 g/mol. The van der Waals surface area contributed by atoms with E-state index in [2.05, 4.69) is 24.1 Å². The highest BCUT2D eigenvalue weighted by Crippen LogP contribution is 2.53. The molecule has 0 saturated heterocycles. The quantitative estimate of drug-likeness (QED) is 0.237. The van der Waals surface area contributed by atoms with Crippen LogP contribution in [0.25, 0.3) is 0 Å². The van der Waals surface area contributed by atoms with Crippen molar-refractivity contribution in [1.29, 1.82) is 0 Å². The number of phenols is 1. The highest BCUT2D eigenvalue weighted by Gasteiger charge is 2.51.